The Bertz CT molecular complexity index is 645. The Morgan fingerprint density at radius 2 is 1.87 bits per heavy atom. The third-order valence-electron chi connectivity index (χ3n) is 2.93. The molecule has 1 aromatic heterocycles. The van der Waals surface area contributed by atoms with Crippen molar-refractivity contribution in [1.82, 2.24) is 10.3 Å². The zero-order valence-electron chi connectivity index (χ0n) is 12.1. The van der Waals surface area contributed by atoms with Crippen LogP contribution in [-0.2, 0) is 6.42 Å². The highest BCUT2D eigenvalue weighted by Gasteiger charge is 2.29. The highest BCUT2D eigenvalue weighted by Crippen LogP contribution is 2.19. The fourth-order valence-corrected chi connectivity index (χ4v) is 1.89. The Balaban J connectivity index is 1.93. The van der Waals surface area contributed by atoms with E-state index < -0.39 is 18.7 Å². The Hall–Kier alpha value is -2.57. The van der Waals surface area contributed by atoms with E-state index >= 15 is 0 Å². The Morgan fingerprint density at radius 1 is 1.13 bits per heavy atom. The van der Waals surface area contributed by atoms with E-state index in [4.69, 9.17) is 0 Å². The van der Waals surface area contributed by atoms with Gasteiger partial charge in [0.15, 0.2) is 6.61 Å². The molecule has 23 heavy (non-hydrogen) atoms. The lowest BCUT2D eigenvalue weighted by atomic mass is 10.1. The predicted octanol–water partition coefficient (Wildman–Crippen LogP) is 3.00. The fourth-order valence-electron chi connectivity index (χ4n) is 1.89. The highest BCUT2D eigenvalue weighted by molar-refractivity contribution is 5.96. The number of benzene rings is 1. The second kappa shape index (κ2) is 7.62. The van der Waals surface area contributed by atoms with E-state index in [1.807, 2.05) is 30.3 Å². The number of pyridine rings is 1. The van der Waals surface area contributed by atoms with E-state index in [2.05, 4.69) is 15.0 Å². The van der Waals surface area contributed by atoms with Gasteiger partial charge in [-0.3, -0.25) is 4.79 Å². The molecule has 7 heteroatoms. The first kappa shape index (κ1) is 16.8. The van der Waals surface area contributed by atoms with Gasteiger partial charge in [0.2, 0.25) is 5.88 Å². The van der Waals surface area contributed by atoms with E-state index in [0.717, 1.165) is 5.56 Å². The van der Waals surface area contributed by atoms with Crippen molar-refractivity contribution in [3.05, 3.63) is 59.8 Å². The molecule has 1 heterocycles. The molecule has 0 aliphatic rings. The average molecular weight is 324 g/mol. The number of nitrogens with one attached hydrogen (secondary N) is 1. The first-order valence-corrected chi connectivity index (χ1v) is 6.92. The molecule has 1 aromatic carbocycles. The summed E-state index contributed by atoms with van der Waals surface area (Å²) in [5.41, 5.74) is 1.03. The van der Waals surface area contributed by atoms with E-state index in [0.29, 0.717) is 13.0 Å². The summed E-state index contributed by atoms with van der Waals surface area (Å²) < 4.78 is 41.2. The zero-order valence-corrected chi connectivity index (χ0v) is 12.1. The third-order valence-corrected chi connectivity index (χ3v) is 2.93. The quantitative estimate of drug-likeness (QED) is 0.889. The minimum atomic E-state index is -4.49. The van der Waals surface area contributed by atoms with E-state index in [1.165, 1.54) is 18.3 Å². The van der Waals surface area contributed by atoms with E-state index in [9.17, 15) is 18.0 Å². The Labute approximate surface area is 131 Å². The second-order valence-electron chi connectivity index (χ2n) is 4.75. The number of hydrogen-bond donors (Lipinski definition) is 1. The maximum Gasteiger partial charge on any atom is 0.422 e. The lowest BCUT2D eigenvalue weighted by molar-refractivity contribution is -0.154. The van der Waals surface area contributed by atoms with Gasteiger partial charge in [0.25, 0.3) is 5.91 Å². The SMILES string of the molecule is O=C(NCCc1ccccc1)c1cccnc1OCC(F)(F)F. The normalized spacial score (nSPS) is 11.1. The summed E-state index contributed by atoms with van der Waals surface area (Å²) in [5, 5.41) is 2.64. The predicted molar refractivity (Wildman–Crippen MR) is 78.3 cm³/mol. The van der Waals surface area contributed by atoms with Gasteiger partial charge in [0.05, 0.1) is 0 Å². The average Bonchev–Trinajstić information content (AvgIpc) is 2.53. The van der Waals surface area contributed by atoms with Crippen LogP contribution >= 0.6 is 0 Å². The van der Waals surface area contributed by atoms with Crippen molar-refractivity contribution in [2.45, 2.75) is 12.6 Å². The molecule has 0 unspecified atom stereocenters. The number of nitrogens with zero attached hydrogens (tertiary/aromatic N) is 1. The molecule has 2 aromatic rings. The van der Waals surface area contributed by atoms with Gasteiger partial charge in [0, 0.05) is 12.7 Å². The van der Waals surface area contributed by atoms with Crippen LogP contribution < -0.4 is 10.1 Å². The minimum Gasteiger partial charge on any atom is -0.467 e. The van der Waals surface area contributed by atoms with Crippen molar-refractivity contribution in [1.29, 1.82) is 0 Å². The van der Waals surface area contributed by atoms with Gasteiger partial charge in [-0.2, -0.15) is 13.2 Å². The molecule has 0 saturated carbocycles. The number of hydrogen-bond acceptors (Lipinski definition) is 3. The Kier molecular flexibility index (Phi) is 5.56. The molecular formula is C16H15F3N2O2. The van der Waals surface area contributed by atoms with Crippen molar-refractivity contribution >= 4 is 5.91 Å². The van der Waals surface area contributed by atoms with Crippen LogP contribution in [0.25, 0.3) is 0 Å². The fraction of sp³-hybridized carbons (Fsp3) is 0.250. The molecule has 0 aliphatic heterocycles. The summed E-state index contributed by atoms with van der Waals surface area (Å²) in [6, 6.07) is 12.4. The number of carbonyl (C=O) groups excluding carboxylic acids is 1. The van der Waals surface area contributed by atoms with Gasteiger partial charge in [-0.15, -0.1) is 0 Å². The smallest absolute Gasteiger partial charge is 0.422 e. The summed E-state index contributed by atoms with van der Waals surface area (Å²) in [4.78, 5) is 15.8. The van der Waals surface area contributed by atoms with Crippen molar-refractivity contribution < 1.29 is 22.7 Å². The third kappa shape index (κ3) is 5.61. The summed E-state index contributed by atoms with van der Waals surface area (Å²) in [6.45, 7) is -1.13. The number of alkyl halides is 3. The highest BCUT2D eigenvalue weighted by atomic mass is 19.4. The first-order chi connectivity index (χ1) is 11.0. The van der Waals surface area contributed by atoms with Crippen LogP contribution in [0.2, 0.25) is 0 Å². The molecule has 0 spiro atoms. The standard InChI is InChI=1S/C16H15F3N2O2/c17-16(18,19)11-23-15-13(7-4-9-21-15)14(22)20-10-8-12-5-2-1-3-6-12/h1-7,9H,8,10-11H2,(H,20,22). The summed E-state index contributed by atoms with van der Waals surface area (Å²) in [5.74, 6) is -0.853. The lowest BCUT2D eigenvalue weighted by Gasteiger charge is -2.12. The maximum atomic E-state index is 12.2. The molecule has 0 aliphatic carbocycles. The largest absolute Gasteiger partial charge is 0.467 e. The van der Waals surface area contributed by atoms with Crippen molar-refractivity contribution in [2.24, 2.45) is 0 Å². The molecule has 4 nitrogen and oxygen atoms in total. The van der Waals surface area contributed by atoms with Gasteiger partial charge >= 0.3 is 6.18 Å². The number of halogens is 3. The van der Waals surface area contributed by atoms with Crippen LogP contribution in [0.3, 0.4) is 0 Å². The van der Waals surface area contributed by atoms with Crippen molar-refractivity contribution in [3.63, 3.8) is 0 Å². The molecule has 0 atom stereocenters. The number of rotatable bonds is 6. The lowest BCUT2D eigenvalue weighted by Crippen LogP contribution is -2.27. The molecular weight excluding hydrogens is 309 g/mol. The first-order valence-electron chi connectivity index (χ1n) is 6.92. The summed E-state index contributed by atoms with van der Waals surface area (Å²) >= 11 is 0. The van der Waals surface area contributed by atoms with Crippen LogP contribution in [0.1, 0.15) is 15.9 Å². The van der Waals surface area contributed by atoms with Gasteiger partial charge < -0.3 is 10.1 Å². The molecule has 1 N–H and O–H groups in total. The van der Waals surface area contributed by atoms with Crippen LogP contribution in [0.5, 0.6) is 5.88 Å². The number of aromatic nitrogens is 1. The van der Waals surface area contributed by atoms with E-state index in [-0.39, 0.29) is 11.4 Å². The summed E-state index contributed by atoms with van der Waals surface area (Å²) in [7, 11) is 0. The number of amides is 1. The van der Waals surface area contributed by atoms with Crippen LogP contribution in [0.4, 0.5) is 13.2 Å². The van der Waals surface area contributed by atoms with Gasteiger partial charge in [0.1, 0.15) is 5.56 Å². The molecule has 0 fully saturated rings. The van der Waals surface area contributed by atoms with Gasteiger partial charge in [-0.05, 0) is 24.1 Å². The number of carbonyl (C=O) groups is 1. The molecule has 0 radical (unpaired) electrons. The number of ether oxygens (including phenoxy) is 1. The van der Waals surface area contributed by atoms with Crippen molar-refractivity contribution in [3.8, 4) is 5.88 Å². The molecule has 122 valence electrons. The topological polar surface area (TPSA) is 51.2 Å². The van der Waals surface area contributed by atoms with Crippen LogP contribution in [0, 0.1) is 0 Å². The van der Waals surface area contributed by atoms with Crippen molar-refractivity contribution in [2.75, 3.05) is 13.2 Å². The van der Waals surface area contributed by atoms with Gasteiger partial charge in [-0.1, -0.05) is 30.3 Å². The molecule has 2 rings (SSSR count). The molecule has 1 amide bonds. The monoisotopic (exact) mass is 324 g/mol. The Morgan fingerprint density at radius 3 is 2.57 bits per heavy atom. The minimum absolute atomic E-state index is 0.0233. The zero-order chi connectivity index (χ0) is 16.7. The van der Waals surface area contributed by atoms with E-state index in [1.54, 1.807) is 0 Å². The summed E-state index contributed by atoms with van der Waals surface area (Å²) in [6.07, 6.45) is -2.60. The van der Waals surface area contributed by atoms with Crippen LogP contribution in [0.15, 0.2) is 48.7 Å². The second-order valence-corrected chi connectivity index (χ2v) is 4.75. The molecule has 0 bridgehead atoms. The van der Waals surface area contributed by atoms with Crippen LogP contribution in [-0.4, -0.2) is 30.2 Å². The van der Waals surface area contributed by atoms with Gasteiger partial charge in [-0.25, -0.2) is 4.98 Å². The molecule has 0 saturated heterocycles. The maximum absolute atomic E-state index is 12.2.